The molecule has 4 nitrogen and oxygen atoms in total. The molecule has 0 heterocycles. The molecule has 2 fully saturated rings. The van der Waals surface area contributed by atoms with Crippen LogP contribution >= 0.6 is 0 Å². The molecule has 0 spiro atoms. The van der Waals surface area contributed by atoms with Crippen molar-refractivity contribution in [2.75, 3.05) is 13.2 Å². The Hall–Kier alpha value is -0.610. The van der Waals surface area contributed by atoms with E-state index < -0.39 is 5.54 Å². The molecule has 4 heteroatoms. The third-order valence-electron chi connectivity index (χ3n) is 4.11. The molecular weight excluding hydrogens is 228 g/mol. The van der Waals surface area contributed by atoms with Crippen molar-refractivity contribution in [3.8, 4) is 0 Å². The minimum atomic E-state index is -0.699. The molecule has 0 aliphatic heterocycles. The van der Waals surface area contributed by atoms with E-state index in [1.54, 1.807) is 0 Å². The van der Waals surface area contributed by atoms with E-state index in [1.165, 1.54) is 32.1 Å². The normalized spacial score (nSPS) is 24.7. The average Bonchev–Trinajstić information content (AvgIpc) is 3.14. The van der Waals surface area contributed by atoms with Gasteiger partial charge in [0.05, 0.1) is 6.61 Å². The van der Waals surface area contributed by atoms with Crippen LogP contribution in [0.3, 0.4) is 0 Å². The molecule has 2 aliphatic rings. The van der Waals surface area contributed by atoms with Crippen LogP contribution in [0.2, 0.25) is 0 Å². The number of carbonyl (C=O) groups is 1. The molecule has 0 saturated heterocycles. The van der Waals surface area contributed by atoms with Crippen LogP contribution in [0.5, 0.6) is 0 Å². The lowest BCUT2D eigenvalue weighted by Gasteiger charge is -2.29. The van der Waals surface area contributed by atoms with Gasteiger partial charge in [0, 0.05) is 12.6 Å². The van der Waals surface area contributed by atoms with E-state index in [4.69, 9.17) is 10.5 Å². The third kappa shape index (κ3) is 3.95. The zero-order valence-corrected chi connectivity index (χ0v) is 11.4. The predicted octanol–water partition coefficient (Wildman–Crippen LogP) is 1.58. The summed E-state index contributed by atoms with van der Waals surface area (Å²) in [6.45, 7) is 3.03. The number of primary amides is 1. The lowest BCUT2D eigenvalue weighted by Crippen LogP contribution is -2.57. The monoisotopic (exact) mass is 254 g/mol. The first kappa shape index (κ1) is 13.8. The molecule has 0 bridgehead atoms. The highest BCUT2D eigenvalue weighted by Crippen LogP contribution is 2.25. The molecule has 0 aromatic rings. The average molecular weight is 254 g/mol. The van der Waals surface area contributed by atoms with Crippen LogP contribution in [-0.2, 0) is 9.53 Å². The molecule has 0 aromatic carbocycles. The fraction of sp³-hybridized carbons (Fsp3) is 0.929. The van der Waals surface area contributed by atoms with E-state index in [-0.39, 0.29) is 5.91 Å². The highest BCUT2D eigenvalue weighted by atomic mass is 16.5. The van der Waals surface area contributed by atoms with Crippen LogP contribution < -0.4 is 11.1 Å². The van der Waals surface area contributed by atoms with Crippen LogP contribution in [0.15, 0.2) is 0 Å². The maximum absolute atomic E-state index is 11.5. The Labute approximate surface area is 110 Å². The van der Waals surface area contributed by atoms with Gasteiger partial charge in [0.2, 0.25) is 5.91 Å². The molecule has 18 heavy (non-hydrogen) atoms. The predicted molar refractivity (Wildman–Crippen MR) is 71.2 cm³/mol. The summed E-state index contributed by atoms with van der Waals surface area (Å²) in [6.07, 6.45) is 8.82. The maximum atomic E-state index is 11.5. The first-order valence-electron chi connectivity index (χ1n) is 7.25. The van der Waals surface area contributed by atoms with Crippen molar-refractivity contribution >= 4 is 5.91 Å². The first-order chi connectivity index (χ1) is 8.60. The van der Waals surface area contributed by atoms with Crippen LogP contribution in [0.25, 0.3) is 0 Å². The van der Waals surface area contributed by atoms with Crippen LogP contribution in [0.1, 0.15) is 51.9 Å². The minimum absolute atomic E-state index is 0.307. The third-order valence-corrected chi connectivity index (χ3v) is 4.11. The highest BCUT2D eigenvalue weighted by molar-refractivity contribution is 5.84. The van der Waals surface area contributed by atoms with Gasteiger partial charge in [-0.15, -0.1) is 0 Å². The van der Waals surface area contributed by atoms with Gasteiger partial charge in [-0.2, -0.15) is 0 Å². The second-order valence-corrected chi connectivity index (χ2v) is 6.13. The molecule has 1 unspecified atom stereocenters. The van der Waals surface area contributed by atoms with Crippen molar-refractivity contribution in [2.24, 2.45) is 11.7 Å². The summed E-state index contributed by atoms with van der Waals surface area (Å²) in [5.74, 6) is 0.370. The molecule has 104 valence electrons. The molecule has 0 radical (unpaired) electrons. The highest BCUT2D eigenvalue weighted by Gasteiger charge is 2.37. The number of carbonyl (C=O) groups excluding carboxylic acids is 1. The fourth-order valence-electron chi connectivity index (χ4n) is 2.65. The Morgan fingerprint density at radius 3 is 2.50 bits per heavy atom. The van der Waals surface area contributed by atoms with Crippen LogP contribution in [-0.4, -0.2) is 30.7 Å². The number of amides is 1. The van der Waals surface area contributed by atoms with Crippen molar-refractivity contribution in [2.45, 2.75) is 63.5 Å². The summed E-state index contributed by atoms with van der Waals surface area (Å²) >= 11 is 0. The van der Waals surface area contributed by atoms with Crippen LogP contribution in [0, 0.1) is 5.92 Å². The molecule has 3 N–H and O–H groups in total. The summed E-state index contributed by atoms with van der Waals surface area (Å²) in [4.78, 5) is 11.5. The Morgan fingerprint density at radius 1 is 1.28 bits per heavy atom. The fourth-order valence-corrected chi connectivity index (χ4v) is 2.65. The number of ether oxygens (including phenoxy) is 1. The zero-order chi connectivity index (χ0) is 13.0. The lowest BCUT2D eigenvalue weighted by atomic mass is 9.90. The summed E-state index contributed by atoms with van der Waals surface area (Å²) in [5.41, 5.74) is 4.79. The largest absolute Gasteiger partial charge is 0.379 e. The Morgan fingerprint density at radius 2 is 1.94 bits per heavy atom. The van der Waals surface area contributed by atoms with Crippen molar-refractivity contribution < 1.29 is 9.53 Å². The van der Waals surface area contributed by atoms with E-state index in [2.05, 4.69) is 5.32 Å². The SMILES string of the molecule is CC(COCC1CCCCC1)(NC1CC1)C(N)=O. The second-order valence-electron chi connectivity index (χ2n) is 6.13. The quantitative estimate of drug-likeness (QED) is 0.725. The molecule has 2 saturated carbocycles. The number of hydrogen-bond donors (Lipinski definition) is 2. The van der Waals surface area contributed by atoms with Crippen molar-refractivity contribution in [1.82, 2.24) is 5.32 Å². The topological polar surface area (TPSA) is 64.3 Å². The molecule has 0 aromatic heterocycles. The van der Waals surface area contributed by atoms with Gasteiger partial charge in [0.1, 0.15) is 5.54 Å². The number of hydrogen-bond acceptors (Lipinski definition) is 3. The summed E-state index contributed by atoms with van der Waals surface area (Å²) in [5, 5.41) is 3.30. The van der Waals surface area contributed by atoms with Gasteiger partial charge >= 0.3 is 0 Å². The van der Waals surface area contributed by atoms with Gasteiger partial charge in [-0.05, 0) is 38.5 Å². The van der Waals surface area contributed by atoms with Crippen molar-refractivity contribution in [1.29, 1.82) is 0 Å². The standard InChI is InChI=1S/C14H26N2O2/c1-14(13(15)17,16-12-7-8-12)10-18-9-11-5-3-2-4-6-11/h11-12,16H,2-10H2,1H3,(H2,15,17). The smallest absolute Gasteiger partial charge is 0.239 e. The van der Waals surface area contributed by atoms with Crippen molar-refractivity contribution in [3.63, 3.8) is 0 Å². The van der Waals surface area contributed by atoms with E-state index in [9.17, 15) is 4.79 Å². The van der Waals surface area contributed by atoms with E-state index >= 15 is 0 Å². The molecule has 2 rings (SSSR count). The van der Waals surface area contributed by atoms with Gasteiger partial charge < -0.3 is 10.5 Å². The van der Waals surface area contributed by atoms with Crippen molar-refractivity contribution in [3.05, 3.63) is 0 Å². The maximum Gasteiger partial charge on any atom is 0.239 e. The lowest BCUT2D eigenvalue weighted by molar-refractivity contribution is -0.126. The summed E-state index contributed by atoms with van der Waals surface area (Å²) in [7, 11) is 0. The number of nitrogens with one attached hydrogen (secondary N) is 1. The van der Waals surface area contributed by atoms with E-state index in [0.29, 0.717) is 18.6 Å². The Bertz CT molecular complexity index is 286. The zero-order valence-electron chi connectivity index (χ0n) is 11.4. The first-order valence-corrected chi connectivity index (χ1v) is 7.25. The Balaban J connectivity index is 1.72. The van der Waals surface area contributed by atoms with Gasteiger partial charge in [-0.1, -0.05) is 19.3 Å². The summed E-state index contributed by atoms with van der Waals surface area (Å²) in [6, 6.07) is 0.459. The van der Waals surface area contributed by atoms with Gasteiger partial charge in [0.15, 0.2) is 0 Å². The van der Waals surface area contributed by atoms with Gasteiger partial charge in [-0.3, -0.25) is 10.1 Å². The molecule has 1 amide bonds. The molecule has 2 aliphatic carbocycles. The summed E-state index contributed by atoms with van der Waals surface area (Å²) < 4.78 is 5.76. The Kier molecular flexibility index (Phi) is 4.62. The van der Waals surface area contributed by atoms with Gasteiger partial charge in [0.25, 0.3) is 0 Å². The molecule has 1 atom stereocenters. The minimum Gasteiger partial charge on any atom is -0.379 e. The van der Waals surface area contributed by atoms with E-state index in [0.717, 1.165) is 19.4 Å². The van der Waals surface area contributed by atoms with Gasteiger partial charge in [-0.25, -0.2) is 0 Å². The second kappa shape index (κ2) is 6.02. The van der Waals surface area contributed by atoms with Crippen LogP contribution in [0.4, 0.5) is 0 Å². The number of rotatable bonds is 7. The van der Waals surface area contributed by atoms with E-state index in [1.807, 2.05) is 6.92 Å². The molecular formula is C14H26N2O2. The number of nitrogens with two attached hydrogens (primary N) is 1.